The molecule has 1 aliphatic carbocycles. The lowest BCUT2D eigenvalue weighted by Gasteiger charge is -2.40. The van der Waals surface area contributed by atoms with Gasteiger partial charge in [0.25, 0.3) is 0 Å². The van der Waals surface area contributed by atoms with E-state index < -0.39 is 0 Å². The minimum Gasteiger partial charge on any atom is -0.378 e. The predicted octanol–water partition coefficient (Wildman–Crippen LogP) is 2.51. The zero-order valence-corrected chi connectivity index (χ0v) is 11.0. The molecule has 4 heteroatoms. The average molecular weight is 249 g/mol. The Morgan fingerprint density at radius 3 is 2.78 bits per heavy atom. The lowest BCUT2D eigenvalue weighted by atomic mass is 10.0. The normalized spacial score (nSPS) is 28.1. The predicted molar refractivity (Wildman–Crippen MR) is 70.3 cm³/mol. The molecule has 1 saturated heterocycles. The zero-order chi connectivity index (χ0) is 12.2. The molecular formula is C14H23N3O. The summed E-state index contributed by atoms with van der Waals surface area (Å²) >= 11 is 0. The van der Waals surface area contributed by atoms with E-state index in [1.54, 1.807) is 0 Å². The van der Waals surface area contributed by atoms with E-state index in [-0.39, 0.29) is 0 Å². The van der Waals surface area contributed by atoms with Gasteiger partial charge in [0, 0.05) is 18.8 Å². The van der Waals surface area contributed by atoms with Crippen LogP contribution in [0.1, 0.15) is 50.3 Å². The highest BCUT2D eigenvalue weighted by Crippen LogP contribution is 2.30. The van der Waals surface area contributed by atoms with Crippen molar-refractivity contribution in [3.8, 4) is 0 Å². The van der Waals surface area contributed by atoms with Gasteiger partial charge in [0.05, 0.1) is 24.9 Å². The summed E-state index contributed by atoms with van der Waals surface area (Å²) in [7, 11) is 0. The number of aromatic nitrogens is 2. The Balaban J connectivity index is 1.74. The molecule has 1 aromatic rings. The van der Waals surface area contributed by atoms with Crippen LogP contribution < -0.4 is 0 Å². The Morgan fingerprint density at radius 1 is 1.22 bits per heavy atom. The Hall–Kier alpha value is -0.870. The summed E-state index contributed by atoms with van der Waals surface area (Å²) < 4.78 is 5.67. The van der Waals surface area contributed by atoms with Crippen LogP contribution in [0.3, 0.4) is 0 Å². The average Bonchev–Trinajstić information content (AvgIpc) is 2.81. The zero-order valence-electron chi connectivity index (χ0n) is 11.0. The van der Waals surface area contributed by atoms with Gasteiger partial charge in [-0.1, -0.05) is 25.7 Å². The molecule has 3 rings (SSSR count). The maximum atomic E-state index is 5.67. The smallest absolute Gasteiger partial charge is 0.0755 e. The van der Waals surface area contributed by atoms with Crippen molar-refractivity contribution in [3.05, 3.63) is 18.0 Å². The molecule has 0 unspecified atom stereocenters. The van der Waals surface area contributed by atoms with Crippen molar-refractivity contribution in [3.63, 3.8) is 0 Å². The Morgan fingerprint density at radius 2 is 2.06 bits per heavy atom. The van der Waals surface area contributed by atoms with E-state index in [4.69, 9.17) is 4.74 Å². The van der Waals surface area contributed by atoms with E-state index in [1.165, 1.54) is 44.2 Å². The Bertz CT molecular complexity index is 344. The summed E-state index contributed by atoms with van der Waals surface area (Å²) in [6.07, 6.45) is 10.1. The molecule has 2 aliphatic rings. The van der Waals surface area contributed by atoms with Crippen LogP contribution in [0.4, 0.5) is 0 Å². The van der Waals surface area contributed by atoms with Gasteiger partial charge in [-0.15, -0.1) is 0 Å². The number of nitrogens with one attached hydrogen (secondary N) is 1. The number of hydrogen-bond donors (Lipinski definition) is 1. The fourth-order valence-electron chi connectivity index (χ4n) is 3.36. The van der Waals surface area contributed by atoms with E-state index in [1.807, 2.05) is 6.20 Å². The molecule has 2 heterocycles. The lowest BCUT2D eigenvalue weighted by molar-refractivity contribution is -0.0346. The second kappa shape index (κ2) is 5.85. The molecule has 18 heavy (non-hydrogen) atoms. The lowest BCUT2D eigenvalue weighted by Crippen LogP contribution is -2.45. The van der Waals surface area contributed by atoms with E-state index >= 15 is 0 Å². The number of ether oxygens (including phenoxy) is 1. The SMILES string of the molecule is c1cc([C@@H]2COCCN2C2CCCCCC2)[nH]n1. The van der Waals surface area contributed by atoms with Gasteiger partial charge < -0.3 is 4.74 Å². The van der Waals surface area contributed by atoms with Gasteiger partial charge in [-0.25, -0.2) is 0 Å². The van der Waals surface area contributed by atoms with E-state index in [2.05, 4.69) is 21.2 Å². The molecule has 0 aromatic carbocycles. The summed E-state index contributed by atoms with van der Waals surface area (Å²) in [6.45, 7) is 2.74. The molecule has 1 aliphatic heterocycles. The van der Waals surface area contributed by atoms with Crippen LogP contribution in [-0.4, -0.2) is 40.9 Å². The van der Waals surface area contributed by atoms with E-state index in [0.717, 1.165) is 25.8 Å². The summed E-state index contributed by atoms with van der Waals surface area (Å²) in [4.78, 5) is 2.66. The second-order valence-corrected chi connectivity index (χ2v) is 5.49. The molecule has 0 radical (unpaired) electrons. The molecule has 1 atom stereocenters. The molecule has 4 nitrogen and oxygen atoms in total. The number of hydrogen-bond acceptors (Lipinski definition) is 3. The van der Waals surface area contributed by atoms with Crippen LogP contribution in [-0.2, 0) is 4.74 Å². The van der Waals surface area contributed by atoms with Gasteiger partial charge in [-0.2, -0.15) is 5.10 Å². The van der Waals surface area contributed by atoms with Crippen LogP contribution in [0.5, 0.6) is 0 Å². The molecule has 0 bridgehead atoms. The van der Waals surface area contributed by atoms with Gasteiger partial charge in [0.15, 0.2) is 0 Å². The first-order valence-electron chi connectivity index (χ1n) is 7.28. The molecule has 0 amide bonds. The molecule has 1 saturated carbocycles. The van der Waals surface area contributed by atoms with Crippen molar-refractivity contribution in [2.45, 2.75) is 50.6 Å². The third kappa shape index (κ3) is 2.59. The number of H-pyrrole nitrogens is 1. The van der Waals surface area contributed by atoms with Gasteiger partial charge in [-0.3, -0.25) is 10.00 Å². The van der Waals surface area contributed by atoms with Crippen LogP contribution in [0.25, 0.3) is 0 Å². The number of rotatable bonds is 2. The van der Waals surface area contributed by atoms with Gasteiger partial charge in [-0.05, 0) is 18.9 Å². The summed E-state index contributed by atoms with van der Waals surface area (Å²) in [5, 5.41) is 7.21. The molecule has 2 fully saturated rings. The topological polar surface area (TPSA) is 41.1 Å². The first-order valence-corrected chi connectivity index (χ1v) is 7.28. The first kappa shape index (κ1) is 12.2. The summed E-state index contributed by atoms with van der Waals surface area (Å²) in [6, 6.07) is 3.21. The van der Waals surface area contributed by atoms with Crippen molar-refractivity contribution in [1.29, 1.82) is 0 Å². The third-order valence-electron chi connectivity index (χ3n) is 4.34. The van der Waals surface area contributed by atoms with Crippen molar-refractivity contribution in [1.82, 2.24) is 15.1 Å². The Labute approximate surface area is 109 Å². The molecular weight excluding hydrogens is 226 g/mol. The largest absolute Gasteiger partial charge is 0.378 e. The minimum absolute atomic E-state index is 0.379. The van der Waals surface area contributed by atoms with Crippen LogP contribution in [0.15, 0.2) is 12.3 Å². The van der Waals surface area contributed by atoms with Crippen molar-refractivity contribution >= 4 is 0 Å². The van der Waals surface area contributed by atoms with Crippen LogP contribution >= 0.6 is 0 Å². The van der Waals surface area contributed by atoms with E-state index in [0.29, 0.717) is 6.04 Å². The number of morpholine rings is 1. The van der Waals surface area contributed by atoms with E-state index in [9.17, 15) is 0 Å². The molecule has 1 N–H and O–H groups in total. The van der Waals surface area contributed by atoms with Crippen LogP contribution in [0, 0.1) is 0 Å². The molecule has 100 valence electrons. The molecule has 1 aromatic heterocycles. The highest BCUT2D eigenvalue weighted by atomic mass is 16.5. The van der Waals surface area contributed by atoms with Crippen molar-refractivity contribution < 1.29 is 4.74 Å². The summed E-state index contributed by atoms with van der Waals surface area (Å²) in [5.41, 5.74) is 1.21. The quantitative estimate of drug-likeness (QED) is 0.819. The fourth-order valence-corrected chi connectivity index (χ4v) is 3.36. The maximum absolute atomic E-state index is 5.67. The fraction of sp³-hybridized carbons (Fsp3) is 0.786. The standard InChI is InChI=1S/C14H23N3O/c1-2-4-6-12(5-3-1)17-9-10-18-11-14(17)13-7-8-15-16-13/h7-8,12,14H,1-6,9-11H2,(H,15,16)/t14-/m0/s1. The highest BCUT2D eigenvalue weighted by Gasteiger charge is 2.31. The maximum Gasteiger partial charge on any atom is 0.0755 e. The highest BCUT2D eigenvalue weighted by molar-refractivity contribution is 5.07. The summed E-state index contributed by atoms with van der Waals surface area (Å²) in [5.74, 6) is 0. The van der Waals surface area contributed by atoms with Crippen molar-refractivity contribution in [2.24, 2.45) is 0 Å². The second-order valence-electron chi connectivity index (χ2n) is 5.49. The first-order chi connectivity index (χ1) is 8.95. The molecule has 0 spiro atoms. The van der Waals surface area contributed by atoms with Gasteiger partial charge in [0.2, 0.25) is 0 Å². The minimum atomic E-state index is 0.379. The number of aromatic amines is 1. The van der Waals surface area contributed by atoms with Gasteiger partial charge in [0.1, 0.15) is 0 Å². The van der Waals surface area contributed by atoms with Crippen LogP contribution in [0.2, 0.25) is 0 Å². The third-order valence-corrected chi connectivity index (χ3v) is 4.34. The Kier molecular flexibility index (Phi) is 3.96. The van der Waals surface area contributed by atoms with Crippen molar-refractivity contribution in [2.75, 3.05) is 19.8 Å². The number of nitrogens with zero attached hydrogens (tertiary/aromatic N) is 2. The monoisotopic (exact) mass is 249 g/mol. The van der Waals surface area contributed by atoms with Gasteiger partial charge >= 0.3 is 0 Å².